The quantitative estimate of drug-likeness (QED) is 0.649. The second-order valence-corrected chi connectivity index (χ2v) is 5.07. The van der Waals surface area contributed by atoms with E-state index >= 15 is 0 Å². The second-order valence-electron chi connectivity index (χ2n) is 5.07. The minimum Gasteiger partial charge on any atom is -0.480 e. The van der Waals surface area contributed by atoms with E-state index in [0.29, 0.717) is 32.5 Å². The lowest BCUT2D eigenvalue weighted by molar-refractivity contribution is -0.154. The van der Waals surface area contributed by atoms with Gasteiger partial charge in [-0.05, 0) is 13.3 Å². The number of carboxylic acids is 1. The molecule has 1 saturated heterocycles. The maximum atomic E-state index is 12.2. The van der Waals surface area contributed by atoms with Gasteiger partial charge in [-0.15, -0.1) is 0 Å². The molecule has 0 bridgehead atoms. The van der Waals surface area contributed by atoms with Gasteiger partial charge in [0.05, 0.1) is 5.41 Å². The summed E-state index contributed by atoms with van der Waals surface area (Å²) < 4.78 is 5.16. The van der Waals surface area contributed by atoms with Crippen molar-refractivity contribution in [2.24, 2.45) is 11.1 Å². The average Bonchev–Trinajstić information content (AvgIpc) is 2.38. The Labute approximate surface area is 107 Å². The highest BCUT2D eigenvalue weighted by atomic mass is 16.5. The number of nitrogens with two attached hydrogens (primary N) is 1. The summed E-state index contributed by atoms with van der Waals surface area (Å²) >= 11 is 0. The van der Waals surface area contributed by atoms with Gasteiger partial charge in [-0.2, -0.15) is 0 Å². The van der Waals surface area contributed by atoms with Crippen molar-refractivity contribution in [3.05, 3.63) is 0 Å². The molecule has 6 heteroatoms. The van der Waals surface area contributed by atoms with Crippen LogP contribution in [0.25, 0.3) is 0 Å². The van der Waals surface area contributed by atoms with Crippen LogP contribution in [0.1, 0.15) is 33.1 Å². The Hall–Kier alpha value is -1.14. The van der Waals surface area contributed by atoms with E-state index in [9.17, 15) is 14.7 Å². The number of hydrogen-bond acceptors (Lipinski definition) is 4. The molecule has 0 spiro atoms. The molecule has 1 unspecified atom stereocenters. The topological polar surface area (TPSA) is 102 Å². The number of carbonyl (C=O) groups excluding carboxylic acids is 1. The van der Waals surface area contributed by atoms with Gasteiger partial charge in [0.25, 0.3) is 0 Å². The Bertz CT molecular complexity index is 320. The van der Waals surface area contributed by atoms with Crippen LogP contribution >= 0.6 is 0 Å². The van der Waals surface area contributed by atoms with Gasteiger partial charge in [0.2, 0.25) is 5.91 Å². The monoisotopic (exact) mass is 258 g/mol. The summed E-state index contributed by atoms with van der Waals surface area (Å²) in [7, 11) is 0. The van der Waals surface area contributed by atoms with Crippen LogP contribution < -0.4 is 11.1 Å². The minimum absolute atomic E-state index is 0.196. The van der Waals surface area contributed by atoms with E-state index in [4.69, 9.17) is 10.5 Å². The summed E-state index contributed by atoms with van der Waals surface area (Å²) in [5.41, 5.74) is 3.68. The number of nitrogens with one attached hydrogen (secondary N) is 1. The zero-order valence-electron chi connectivity index (χ0n) is 11.0. The van der Waals surface area contributed by atoms with Gasteiger partial charge in [-0.25, -0.2) is 4.79 Å². The fourth-order valence-electron chi connectivity index (χ4n) is 1.88. The summed E-state index contributed by atoms with van der Waals surface area (Å²) in [4.78, 5) is 23.6. The van der Waals surface area contributed by atoms with Crippen molar-refractivity contribution >= 4 is 11.9 Å². The number of hydrogen-bond donors (Lipinski definition) is 3. The van der Waals surface area contributed by atoms with E-state index in [1.54, 1.807) is 6.92 Å². The lowest BCUT2D eigenvalue weighted by Crippen LogP contribution is -2.61. The number of carbonyl (C=O) groups is 2. The number of ether oxygens (including phenoxy) is 1. The van der Waals surface area contributed by atoms with E-state index < -0.39 is 16.9 Å². The normalized spacial score (nSPS) is 21.9. The first kappa shape index (κ1) is 14.9. The Morgan fingerprint density at radius 2 is 2.00 bits per heavy atom. The van der Waals surface area contributed by atoms with Crippen LogP contribution in [0.15, 0.2) is 0 Å². The van der Waals surface area contributed by atoms with E-state index in [0.717, 1.165) is 0 Å². The number of amides is 1. The zero-order valence-corrected chi connectivity index (χ0v) is 11.0. The van der Waals surface area contributed by atoms with E-state index in [1.165, 1.54) is 0 Å². The number of aliphatic carboxylic acids is 1. The molecule has 1 heterocycles. The molecule has 1 amide bonds. The zero-order chi connectivity index (χ0) is 13.8. The summed E-state index contributed by atoms with van der Waals surface area (Å²) in [5.74, 6) is -1.30. The number of rotatable bonds is 5. The van der Waals surface area contributed by atoms with Gasteiger partial charge in [0, 0.05) is 32.6 Å². The highest BCUT2D eigenvalue weighted by Gasteiger charge is 2.44. The molecular formula is C12H22N2O4. The third kappa shape index (κ3) is 2.81. The van der Waals surface area contributed by atoms with Crippen LogP contribution in [0, 0.1) is 5.41 Å². The Balaban J connectivity index is 2.84. The fourth-order valence-corrected chi connectivity index (χ4v) is 1.88. The van der Waals surface area contributed by atoms with Gasteiger partial charge in [0.1, 0.15) is 5.54 Å². The van der Waals surface area contributed by atoms with Crippen molar-refractivity contribution in [3.63, 3.8) is 0 Å². The van der Waals surface area contributed by atoms with Crippen LogP contribution in [0.3, 0.4) is 0 Å². The first-order valence-corrected chi connectivity index (χ1v) is 6.24. The molecule has 1 aliphatic rings. The maximum Gasteiger partial charge on any atom is 0.329 e. The largest absolute Gasteiger partial charge is 0.480 e. The highest BCUT2D eigenvalue weighted by Crippen LogP contribution is 2.25. The van der Waals surface area contributed by atoms with Crippen molar-refractivity contribution in [1.82, 2.24) is 5.32 Å². The maximum absolute atomic E-state index is 12.2. The van der Waals surface area contributed by atoms with Gasteiger partial charge in [0.15, 0.2) is 0 Å². The van der Waals surface area contributed by atoms with Gasteiger partial charge in [-0.3, -0.25) is 4.79 Å². The predicted molar refractivity (Wildman–Crippen MR) is 66.0 cm³/mol. The Morgan fingerprint density at radius 3 is 2.39 bits per heavy atom. The molecular weight excluding hydrogens is 236 g/mol. The molecule has 0 aromatic heterocycles. The summed E-state index contributed by atoms with van der Waals surface area (Å²) in [6.07, 6.45) is 1.15. The second kappa shape index (κ2) is 5.67. The molecule has 1 atom stereocenters. The lowest BCUT2D eigenvalue weighted by atomic mass is 9.83. The molecule has 0 saturated carbocycles. The standard InChI is InChI=1S/C12H22N2O4/c1-3-11(2,8-13)9(15)14-12(10(16)17)4-6-18-7-5-12/h3-8,13H2,1-2H3,(H,14,15)(H,16,17). The molecule has 104 valence electrons. The van der Waals surface area contributed by atoms with Crippen LogP contribution in [0.4, 0.5) is 0 Å². The fraction of sp³-hybridized carbons (Fsp3) is 0.833. The molecule has 1 aliphatic heterocycles. The van der Waals surface area contributed by atoms with E-state index in [1.807, 2.05) is 6.92 Å². The van der Waals surface area contributed by atoms with Crippen molar-refractivity contribution in [3.8, 4) is 0 Å². The van der Waals surface area contributed by atoms with Crippen LogP contribution in [0.5, 0.6) is 0 Å². The van der Waals surface area contributed by atoms with E-state index in [2.05, 4.69) is 5.32 Å². The SMILES string of the molecule is CCC(C)(CN)C(=O)NC1(C(=O)O)CCOCC1. The third-order valence-electron chi connectivity index (χ3n) is 3.89. The van der Waals surface area contributed by atoms with Crippen molar-refractivity contribution < 1.29 is 19.4 Å². The smallest absolute Gasteiger partial charge is 0.329 e. The van der Waals surface area contributed by atoms with Crippen LogP contribution in [-0.4, -0.2) is 42.3 Å². The molecule has 4 N–H and O–H groups in total. The van der Waals surface area contributed by atoms with Crippen molar-refractivity contribution in [2.45, 2.75) is 38.6 Å². The van der Waals surface area contributed by atoms with Crippen molar-refractivity contribution in [1.29, 1.82) is 0 Å². The predicted octanol–water partition coefficient (Wildman–Crippen LogP) is 0.111. The molecule has 6 nitrogen and oxygen atoms in total. The molecule has 0 aliphatic carbocycles. The lowest BCUT2D eigenvalue weighted by Gasteiger charge is -2.37. The summed E-state index contributed by atoms with van der Waals surface area (Å²) in [6, 6.07) is 0. The Morgan fingerprint density at radius 1 is 1.44 bits per heavy atom. The number of carboxylic acid groups (broad SMARTS) is 1. The van der Waals surface area contributed by atoms with E-state index in [-0.39, 0.29) is 12.5 Å². The Kier molecular flexibility index (Phi) is 4.70. The summed E-state index contributed by atoms with van der Waals surface area (Å²) in [5, 5.41) is 12.0. The van der Waals surface area contributed by atoms with Gasteiger partial charge < -0.3 is 20.9 Å². The highest BCUT2D eigenvalue weighted by molar-refractivity contribution is 5.90. The molecule has 1 rings (SSSR count). The minimum atomic E-state index is -1.21. The third-order valence-corrected chi connectivity index (χ3v) is 3.89. The molecule has 18 heavy (non-hydrogen) atoms. The van der Waals surface area contributed by atoms with Crippen LogP contribution in [-0.2, 0) is 14.3 Å². The first-order valence-electron chi connectivity index (χ1n) is 6.24. The molecule has 1 fully saturated rings. The summed E-state index contributed by atoms with van der Waals surface area (Å²) in [6.45, 7) is 4.50. The van der Waals surface area contributed by atoms with Crippen LogP contribution in [0.2, 0.25) is 0 Å². The molecule has 0 aromatic carbocycles. The first-order chi connectivity index (χ1) is 8.40. The van der Waals surface area contributed by atoms with Gasteiger partial charge in [-0.1, -0.05) is 6.92 Å². The molecule has 0 radical (unpaired) electrons. The average molecular weight is 258 g/mol. The van der Waals surface area contributed by atoms with Gasteiger partial charge >= 0.3 is 5.97 Å². The van der Waals surface area contributed by atoms with Crippen molar-refractivity contribution in [2.75, 3.05) is 19.8 Å². The molecule has 0 aromatic rings.